The number of ether oxygens (including phenoxy) is 2. The van der Waals surface area contributed by atoms with Gasteiger partial charge in [-0.25, -0.2) is 4.79 Å². The third-order valence-electron chi connectivity index (χ3n) is 10.3. The SMILES string of the molecule is CC(=O)O[C@@H]1CC[C@]2(C)[C@H]3CC[C@]4(C)[C@H](c5cccc(=O)o5)CC[C@H]4[C@@H]3C[C@H](OC(C)=O)[C@@H]2C1. The summed E-state index contributed by atoms with van der Waals surface area (Å²) in [6.07, 6.45) is 7.71. The molecule has 6 heteroatoms. The van der Waals surface area contributed by atoms with Crippen LogP contribution in [0, 0.1) is 34.5 Å². The fraction of sp³-hybridized carbons (Fsp3) is 0.750. The Morgan fingerprint density at radius 3 is 2.29 bits per heavy atom. The van der Waals surface area contributed by atoms with Crippen molar-refractivity contribution in [2.75, 3.05) is 0 Å². The summed E-state index contributed by atoms with van der Waals surface area (Å²) >= 11 is 0. The van der Waals surface area contributed by atoms with Gasteiger partial charge in [-0.2, -0.15) is 0 Å². The lowest BCUT2D eigenvalue weighted by Gasteiger charge is -2.62. The molecule has 0 radical (unpaired) electrons. The molecule has 4 fully saturated rings. The topological polar surface area (TPSA) is 82.8 Å². The van der Waals surface area contributed by atoms with E-state index in [2.05, 4.69) is 13.8 Å². The Balaban J connectivity index is 1.45. The van der Waals surface area contributed by atoms with Gasteiger partial charge >= 0.3 is 17.6 Å². The molecule has 1 aromatic rings. The van der Waals surface area contributed by atoms with Crippen LogP contribution in [0.25, 0.3) is 0 Å². The Morgan fingerprint density at radius 2 is 1.59 bits per heavy atom. The second-order valence-electron chi connectivity index (χ2n) is 11.9. The zero-order valence-corrected chi connectivity index (χ0v) is 20.9. The lowest BCUT2D eigenvalue weighted by atomic mass is 9.44. The number of hydrogen-bond donors (Lipinski definition) is 0. The number of carbonyl (C=O) groups is 2. The van der Waals surface area contributed by atoms with Gasteiger partial charge in [-0.15, -0.1) is 0 Å². The van der Waals surface area contributed by atoms with Crippen molar-refractivity contribution in [3.05, 3.63) is 34.4 Å². The average Bonchev–Trinajstić information content (AvgIpc) is 3.11. The number of rotatable bonds is 3. The van der Waals surface area contributed by atoms with Gasteiger partial charge in [-0.3, -0.25) is 9.59 Å². The molecule has 5 rings (SSSR count). The summed E-state index contributed by atoms with van der Waals surface area (Å²) in [7, 11) is 0. The van der Waals surface area contributed by atoms with E-state index in [-0.39, 0.29) is 52.4 Å². The Labute approximate surface area is 201 Å². The van der Waals surface area contributed by atoms with Gasteiger partial charge in [-0.1, -0.05) is 19.9 Å². The van der Waals surface area contributed by atoms with E-state index in [0.29, 0.717) is 17.8 Å². The average molecular weight is 471 g/mol. The largest absolute Gasteiger partial charge is 0.463 e. The molecular formula is C28H38O6. The molecule has 0 bridgehead atoms. The van der Waals surface area contributed by atoms with Gasteiger partial charge in [0.25, 0.3) is 0 Å². The summed E-state index contributed by atoms with van der Waals surface area (Å²) in [5.74, 6) is 2.41. The van der Waals surface area contributed by atoms with Crippen LogP contribution in [0.2, 0.25) is 0 Å². The van der Waals surface area contributed by atoms with E-state index < -0.39 is 0 Å². The van der Waals surface area contributed by atoms with Crippen LogP contribution in [0.15, 0.2) is 27.4 Å². The zero-order valence-electron chi connectivity index (χ0n) is 20.9. The lowest BCUT2D eigenvalue weighted by molar-refractivity contribution is -0.195. The summed E-state index contributed by atoms with van der Waals surface area (Å²) in [4.78, 5) is 35.7. The van der Waals surface area contributed by atoms with Crippen LogP contribution in [0.4, 0.5) is 0 Å². The molecule has 0 aromatic carbocycles. The standard InChI is InChI=1S/C28H38O6/c1-16(29)32-18-10-12-28(4)21-11-13-27(3)20(8-9-22(27)24-6-5-7-26(31)34-24)19(21)15-25(23(28)14-18)33-17(2)30/h5-7,18-23,25H,8-15H2,1-4H3/t18-,19+,20+,21+,22+,23+,25+,27+,28-/m1/s1. The third-order valence-corrected chi connectivity index (χ3v) is 10.3. The van der Waals surface area contributed by atoms with Crippen LogP contribution in [-0.4, -0.2) is 24.1 Å². The highest BCUT2D eigenvalue weighted by molar-refractivity contribution is 5.66. The van der Waals surface area contributed by atoms with Crippen molar-refractivity contribution >= 4 is 11.9 Å². The molecule has 4 aliphatic rings. The fourth-order valence-corrected chi connectivity index (χ4v) is 8.98. The molecule has 0 N–H and O–H groups in total. The van der Waals surface area contributed by atoms with E-state index in [4.69, 9.17) is 13.9 Å². The summed E-state index contributed by atoms with van der Waals surface area (Å²) in [5, 5.41) is 0. The molecule has 0 amide bonds. The summed E-state index contributed by atoms with van der Waals surface area (Å²) in [6.45, 7) is 7.77. The molecule has 9 atom stereocenters. The summed E-state index contributed by atoms with van der Waals surface area (Å²) in [6, 6.07) is 5.27. The molecule has 0 spiro atoms. The van der Waals surface area contributed by atoms with Crippen LogP contribution in [0.3, 0.4) is 0 Å². The highest BCUT2D eigenvalue weighted by Gasteiger charge is 2.63. The maximum atomic E-state index is 12.1. The number of fused-ring (bicyclic) bond motifs is 5. The van der Waals surface area contributed by atoms with Crippen molar-refractivity contribution < 1.29 is 23.5 Å². The molecule has 1 heterocycles. The van der Waals surface area contributed by atoms with Gasteiger partial charge in [-0.05, 0) is 86.0 Å². The van der Waals surface area contributed by atoms with Crippen molar-refractivity contribution in [2.24, 2.45) is 34.5 Å². The molecule has 6 nitrogen and oxygen atoms in total. The first-order valence-corrected chi connectivity index (χ1v) is 13.1. The predicted molar refractivity (Wildman–Crippen MR) is 126 cm³/mol. The molecule has 186 valence electrons. The minimum atomic E-state index is -0.272. The number of carbonyl (C=O) groups excluding carboxylic acids is 2. The first-order valence-electron chi connectivity index (χ1n) is 13.1. The van der Waals surface area contributed by atoms with E-state index in [0.717, 1.165) is 57.1 Å². The highest BCUT2D eigenvalue weighted by Crippen LogP contribution is 2.69. The zero-order chi connectivity index (χ0) is 24.3. The van der Waals surface area contributed by atoms with Gasteiger partial charge in [0.15, 0.2) is 0 Å². The van der Waals surface area contributed by atoms with Crippen LogP contribution >= 0.6 is 0 Å². The summed E-state index contributed by atoms with van der Waals surface area (Å²) < 4.78 is 17.3. The van der Waals surface area contributed by atoms with Crippen LogP contribution in [0.5, 0.6) is 0 Å². The highest BCUT2D eigenvalue weighted by atomic mass is 16.5. The Morgan fingerprint density at radius 1 is 0.882 bits per heavy atom. The predicted octanol–water partition coefficient (Wildman–Crippen LogP) is 5.24. The van der Waals surface area contributed by atoms with Gasteiger partial charge < -0.3 is 13.9 Å². The molecule has 1 aromatic heterocycles. The maximum Gasteiger partial charge on any atom is 0.335 e. The second-order valence-corrected chi connectivity index (χ2v) is 11.9. The van der Waals surface area contributed by atoms with Crippen LogP contribution in [-0.2, 0) is 19.1 Å². The van der Waals surface area contributed by atoms with Gasteiger partial charge in [0.2, 0.25) is 0 Å². The van der Waals surface area contributed by atoms with Crippen LogP contribution < -0.4 is 5.63 Å². The minimum absolute atomic E-state index is 0.0679. The molecule has 4 saturated carbocycles. The van der Waals surface area contributed by atoms with Crippen molar-refractivity contribution in [3.63, 3.8) is 0 Å². The van der Waals surface area contributed by atoms with E-state index in [1.165, 1.54) is 19.9 Å². The molecule has 4 aliphatic carbocycles. The molecular weight excluding hydrogens is 432 g/mol. The Hall–Kier alpha value is -2.11. The lowest BCUT2D eigenvalue weighted by Crippen LogP contribution is -2.59. The first kappa shape index (κ1) is 23.6. The quantitative estimate of drug-likeness (QED) is 0.562. The van der Waals surface area contributed by atoms with E-state index in [1.807, 2.05) is 12.1 Å². The minimum Gasteiger partial charge on any atom is -0.463 e. The Bertz CT molecular complexity index is 1010. The molecule has 0 unspecified atom stereocenters. The second kappa shape index (κ2) is 8.53. The Kier molecular flexibility index (Phi) is 5.92. The van der Waals surface area contributed by atoms with Gasteiger partial charge in [0, 0.05) is 31.7 Å². The van der Waals surface area contributed by atoms with Gasteiger partial charge in [0.05, 0.1) is 0 Å². The van der Waals surface area contributed by atoms with Crippen molar-refractivity contribution in [2.45, 2.75) is 97.2 Å². The van der Waals surface area contributed by atoms with E-state index >= 15 is 0 Å². The number of hydrogen-bond acceptors (Lipinski definition) is 6. The van der Waals surface area contributed by atoms with Crippen molar-refractivity contribution in [1.82, 2.24) is 0 Å². The van der Waals surface area contributed by atoms with E-state index in [1.54, 1.807) is 0 Å². The molecule has 0 aliphatic heterocycles. The maximum absolute atomic E-state index is 12.1. The summed E-state index contributed by atoms with van der Waals surface area (Å²) in [5.41, 5.74) is -0.124. The van der Waals surface area contributed by atoms with E-state index in [9.17, 15) is 14.4 Å². The normalized spacial score (nSPS) is 43.2. The monoisotopic (exact) mass is 470 g/mol. The smallest absolute Gasteiger partial charge is 0.335 e. The fourth-order valence-electron chi connectivity index (χ4n) is 8.98. The first-order chi connectivity index (χ1) is 16.1. The van der Waals surface area contributed by atoms with Crippen LogP contribution in [0.1, 0.15) is 90.7 Å². The van der Waals surface area contributed by atoms with Crippen molar-refractivity contribution in [3.8, 4) is 0 Å². The van der Waals surface area contributed by atoms with Gasteiger partial charge in [0.1, 0.15) is 18.0 Å². The number of esters is 2. The molecule has 34 heavy (non-hydrogen) atoms. The molecule has 0 saturated heterocycles. The van der Waals surface area contributed by atoms with Crippen molar-refractivity contribution in [1.29, 1.82) is 0 Å². The third kappa shape index (κ3) is 3.81.